The van der Waals surface area contributed by atoms with Crippen molar-refractivity contribution in [3.63, 3.8) is 0 Å². The average molecular weight is 216 g/mol. The molecular weight excluding hydrogens is 192 g/mol. The Bertz CT molecular complexity index is 364. The molecule has 0 heteroatoms. The van der Waals surface area contributed by atoms with E-state index in [9.17, 15) is 0 Å². The normalized spacial score (nSPS) is 14.4. The molecule has 1 aromatic rings. The van der Waals surface area contributed by atoms with Crippen LogP contribution >= 0.6 is 0 Å². The lowest BCUT2D eigenvalue weighted by Crippen LogP contribution is -2.15. The van der Waals surface area contributed by atoms with Gasteiger partial charge in [-0.05, 0) is 29.4 Å². The summed E-state index contributed by atoms with van der Waals surface area (Å²) < 4.78 is 0. The minimum Gasteiger partial charge on any atom is -0.0801 e. The predicted molar refractivity (Wildman–Crippen MR) is 72.7 cm³/mol. The maximum Gasteiger partial charge on any atom is -0.00589 e. The summed E-state index contributed by atoms with van der Waals surface area (Å²) in [5.41, 5.74) is 4.92. The second-order valence-electron chi connectivity index (χ2n) is 5.13. The van der Waals surface area contributed by atoms with E-state index in [-0.39, 0.29) is 0 Å². The van der Waals surface area contributed by atoms with Gasteiger partial charge in [-0.3, -0.25) is 0 Å². The number of hydrogen-bond donors (Lipinski definition) is 0. The van der Waals surface area contributed by atoms with E-state index < -0.39 is 0 Å². The molecule has 0 amide bonds. The third-order valence-corrected chi connectivity index (χ3v) is 3.03. The molecule has 0 saturated heterocycles. The van der Waals surface area contributed by atoms with Gasteiger partial charge >= 0.3 is 0 Å². The summed E-state index contributed by atoms with van der Waals surface area (Å²) in [7, 11) is 0. The highest BCUT2D eigenvalue weighted by Gasteiger charge is 2.20. The lowest BCUT2D eigenvalue weighted by Gasteiger charge is -2.27. The number of benzene rings is 1. The minimum atomic E-state index is 0.327. The van der Waals surface area contributed by atoms with E-state index >= 15 is 0 Å². The van der Waals surface area contributed by atoms with Crippen LogP contribution in [0.25, 0.3) is 0 Å². The van der Waals surface area contributed by atoms with Gasteiger partial charge in [0.2, 0.25) is 0 Å². The molecule has 0 fully saturated rings. The molecule has 88 valence electrons. The third-order valence-electron chi connectivity index (χ3n) is 3.03. The van der Waals surface area contributed by atoms with Crippen LogP contribution in [0.1, 0.15) is 45.7 Å². The maximum absolute atomic E-state index is 2.41. The molecule has 0 atom stereocenters. The fourth-order valence-electron chi connectivity index (χ4n) is 2.01. The first-order valence-corrected chi connectivity index (χ1v) is 6.33. The standard InChI is InChI=1S/C14H18.C2H6/c1-14(2,3)13-9-8-11-6-4-5-7-12(11)10-13;1-2/h4-7,9H,8,10H2,1-3H3;1-2H3. The fourth-order valence-corrected chi connectivity index (χ4v) is 2.01. The van der Waals surface area contributed by atoms with Crippen molar-refractivity contribution in [1.82, 2.24) is 0 Å². The van der Waals surface area contributed by atoms with Crippen molar-refractivity contribution in [2.75, 3.05) is 0 Å². The summed E-state index contributed by atoms with van der Waals surface area (Å²) >= 11 is 0. The first kappa shape index (κ1) is 13.0. The van der Waals surface area contributed by atoms with Crippen molar-refractivity contribution in [2.24, 2.45) is 5.41 Å². The minimum absolute atomic E-state index is 0.327. The zero-order valence-electron chi connectivity index (χ0n) is 11.3. The van der Waals surface area contributed by atoms with Crippen molar-refractivity contribution in [3.05, 3.63) is 47.0 Å². The fraction of sp³-hybridized carbons (Fsp3) is 0.500. The smallest absolute Gasteiger partial charge is 0.00589 e. The van der Waals surface area contributed by atoms with Crippen LogP contribution in [0, 0.1) is 5.41 Å². The van der Waals surface area contributed by atoms with Crippen molar-refractivity contribution < 1.29 is 0 Å². The average Bonchev–Trinajstić information content (AvgIpc) is 2.30. The highest BCUT2D eigenvalue weighted by Crippen LogP contribution is 2.32. The molecule has 0 spiro atoms. The summed E-state index contributed by atoms with van der Waals surface area (Å²) in [4.78, 5) is 0. The van der Waals surface area contributed by atoms with Crippen molar-refractivity contribution in [2.45, 2.75) is 47.5 Å². The first-order chi connectivity index (χ1) is 7.57. The van der Waals surface area contributed by atoms with E-state index in [2.05, 4.69) is 51.1 Å². The van der Waals surface area contributed by atoms with Crippen LogP contribution in [0.4, 0.5) is 0 Å². The van der Waals surface area contributed by atoms with Gasteiger partial charge in [-0.1, -0.05) is 70.5 Å². The summed E-state index contributed by atoms with van der Waals surface area (Å²) in [6.45, 7) is 10.9. The van der Waals surface area contributed by atoms with Crippen molar-refractivity contribution in [3.8, 4) is 0 Å². The molecule has 1 aromatic carbocycles. The van der Waals surface area contributed by atoms with E-state index in [0.29, 0.717) is 5.41 Å². The van der Waals surface area contributed by atoms with Crippen LogP contribution < -0.4 is 0 Å². The van der Waals surface area contributed by atoms with Gasteiger partial charge in [0.25, 0.3) is 0 Å². The Hall–Kier alpha value is -1.04. The Labute approximate surface area is 100 Å². The number of rotatable bonds is 0. The van der Waals surface area contributed by atoms with Gasteiger partial charge in [0.15, 0.2) is 0 Å². The maximum atomic E-state index is 2.41. The highest BCUT2D eigenvalue weighted by atomic mass is 14.3. The summed E-state index contributed by atoms with van der Waals surface area (Å²) in [5, 5.41) is 0. The highest BCUT2D eigenvalue weighted by molar-refractivity contribution is 5.38. The van der Waals surface area contributed by atoms with Crippen LogP contribution in [0.3, 0.4) is 0 Å². The summed E-state index contributed by atoms with van der Waals surface area (Å²) in [6.07, 6.45) is 4.66. The van der Waals surface area contributed by atoms with Gasteiger partial charge < -0.3 is 0 Å². The summed E-state index contributed by atoms with van der Waals surface area (Å²) in [5.74, 6) is 0. The Morgan fingerprint density at radius 1 is 0.938 bits per heavy atom. The molecule has 0 saturated carbocycles. The van der Waals surface area contributed by atoms with E-state index in [0.717, 1.165) is 12.8 Å². The Kier molecular flexibility index (Phi) is 4.35. The Balaban J connectivity index is 0.000000606. The van der Waals surface area contributed by atoms with Gasteiger partial charge in [0.1, 0.15) is 0 Å². The van der Waals surface area contributed by atoms with Gasteiger partial charge in [-0.2, -0.15) is 0 Å². The Morgan fingerprint density at radius 3 is 2.06 bits per heavy atom. The van der Waals surface area contributed by atoms with E-state index in [1.165, 1.54) is 11.1 Å². The van der Waals surface area contributed by atoms with Gasteiger partial charge in [-0.15, -0.1) is 0 Å². The van der Waals surface area contributed by atoms with Gasteiger partial charge in [-0.25, -0.2) is 0 Å². The number of allylic oxidation sites excluding steroid dienone is 2. The van der Waals surface area contributed by atoms with Gasteiger partial charge in [0, 0.05) is 0 Å². The van der Waals surface area contributed by atoms with E-state index in [1.54, 1.807) is 5.57 Å². The molecule has 2 rings (SSSR count). The van der Waals surface area contributed by atoms with Crippen LogP contribution in [0.15, 0.2) is 35.9 Å². The van der Waals surface area contributed by atoms with Crippen LogP contribution in [0.5, 0.6) is 0 Å². The largest absolute Gasteiger partial charge is 0.0801 e. The third kappa shape index (κ3) is 2.98. The molecule has 0 heterocycles. The van der Waals surface area contributed by atoms with Crippen LogP contribution in [-0.2, 0) is 12.8 Å². The molecule has 0 bridgehead atoms. The molecule has 0 N–H and O–H groups in total. The zero-order valence-corrected chi connectivity index (χ0v) is 11.3. The molecule has 1 aliphatic carbocycles. The van der Waals surface area contributed by atoms with Gasteiger partial charge in [0.05, 0.1) is 0 Å². The second kappa shape index (κ2) is 5.34. The lowest BCUT2D eigenvalue weighted by atomic mass is 9.78. The molecule has 0 nitrogen and oxygen atoms in total. The molecule has 16 heavy (non-hydrogen) atoms. The van der Waals surface area contributed by atoms with Crippen LogP contribution in [0.2, 0.25) is 0 Å². The van der Waals surface area contributed by atoms with E-state index in [4.69, 9.17) is 0 Å². The molecule has 0 unspecified atom stereocenters. The van der Waals surface area contributed by atoms with E-state index in [1.807, 2.05) is 13.8 Å². The quantitative estimate of drug-likeness (QED) is 0.547. The molecule has 0 radical (unpaired) electrons. The van der Waals surface area contributed by atoms with Crippen LogP contribution in [-0.4, -0.2) is 0 Å². The first-order valence-electron chi connectivity index (χ1n) is 6.33. The molecule has 1 aliphatic rings. The zero-order chi connectivity index (χ0) is 12.2. The predicted octanol–water partition coefficient (Wildman–Crippen LogP) is 4.78. The number of hydrogen-bond acceptors (Lipinski definition) is 0. The number of fused-ring (bicyclic) bond motifs is 1. The Morgan fingerprint density at radius 2 is 1.50 bits per heavy atom. The monoisotopic (exact) mass is 216 g/mol. The molecule has 0 aliphatic heterocycles. The van der Waals surface area contributed by atoms with Crippen molar-refractivity contribution in [1.29, 1.82) is 0 Å². The molecule has 0 aromatic heterocycles. The summed E-state index contributed by atoms with van der Waals surface area (Å²) in [6, 6.07) is 8.78. The lowest BCUT2D eigenvalue weighted by molar-refractivity contribution is 0.486. The topological polar surface area (TPSA) is 0 Å². The van der Waals surface area contributed by atoms with Crippen molar-refractivity contribution >= 4 is 0 Å². The second-order valence-corrected chi connectivity index (χ2v) is 5.13. The molecular formula is C16H24. The SMILES string of the molecule is CC.CC(C)(C)C1=CCc2ccccc2C1.